The van der Waals surface area contributed by atoms with Crippen molar-refractivity contribution < 1.29 is 14.6 Å². The van der Waals surface area contributed by atoms with Crippen LogP contribution in [0.5, 0.6) is 5.75 Å². The summed E-state index contributed by atoms with van der Waals surface area (Å²) in [6.07, 6.45) is 1.45. The van der Waals surface area contributed by atoms with E-state index in [9.17, 15) is 9.90 Å². The maximum atomic E-state index is 11.5. The molecule has 2 heterocycles. The summed E-state index contributed by atoms with van der Waals surface area (Å²) in [7, 11) is 1.57. The lowest BCUT2D eigenvalue weighted by Crippen LogP contribution is -1.94. The molecule has 0 saturated heterocycles. The van der Waals surface area contributed by atoms with Gasteiger partial charge in [0.15, 0.2) is 0 Å². The summed E-state index contributed by atoms with van der Waals surface area (Å²) >= 11 is 1.10. The van der Waals surface area contributed by atoms with Gasteiger partial charge < -0.3 is 9.84 Å². The molecule has 0 fully saturated rings. The number of hydrogen-bond donors (Lipinski definition) is 1. The topological polar surface area (TPSA) is 83.2 Å². The number of carbonyl (C=O) groups is 1. The summed E-state index contributed by atoms with van der Waals surface area (Å²) in [4.78, 5) is 16.5. The van der Waals surface area contributed by atoms with Crippen LogP contribution in [-0.4, -0.2) is 23.2 Å². The van der Waals surface area contributed by atoms with Crippen molar-refractivity contribution in [3.63, 3.8) is 0 Å². The van der Waals surface area contributed by atoms with Gasteiger partial charge in [0.25, 0.3) is 0 Å². The molecular weight excluding hydrogens is 300 g/mol. The van der Waals surface area contributed by atoms with E-state index in [1.165, 1.54) is 6.20 Å². The Morgan fingerprint density at radius 3 is 2.68 bits per heavy atom. The fourth-order valence-electron chi connectivity index (χ4n) is 2.24. The summed E-state index contributed by atoms with van der Waals surface area (Å²) < 4.78 is 5.12. The van der Waals surface area contributed by atoms with E-state index in [0.717, 1.165) is 16.9 Å². The normalized spacial score (nSPS) is 10.4. The molecule has 0 aliphatic heterocycles. The van der Waals surface area contributed by atoms with Gasteiger partial charge in [0.2, 0.25) is 0 Å². The first-order valence-corrected chi connectivity index (χ1v) is 7.16. The van der Waals surface area contributed by atoms with Crippen molar-refractivity contribution in [3.05, 3.63) is 47.0 Å². The van der Waals surface area contributed by atoms with Gasteiger partial charge in [-0.1, -0.05) is 12.1 Å². The largest absolute Gasteiger partial charge is 0.497 e. The number of carboxylic acid groups (broad SMARTS) is 1. The molecule has 3 aromatic rings. The third kappa shape index (κ3) is 2.28. The molecule has 0 unspecified atom stereocenters. The van der Waals surface area contributed by atoms with Crippen LogP contribution in [0.1, 0.15) is 15.2 Å². The number of benzene rings is 1. The molecule has 22 heavy (non-hydrogen) atoms. The SMILES string of the molecule is COc1ccc(-c2c(C(=O)O)sc3ncc(C#N)cc23)cc1. The number of aromatic carboxylic acids is 1. The Kier molecular flexibility index (Phi) is 3.49. The van der Waals surface area contributed by atoms with Crippen LogP contribution in [0.25, 0.3) is 21.3 Å². The average Bonchev–Trinajstić information content (AvgIpc) is 2.93. The fraction of sp³-hybridized carbons (Fsp3) is 0.0625. The second kappa shape index (κ2) is 5.47. The molecule has 0 amide bonds. The second-order valence-electron chi connectivity index (χ2n) is 4.53. The van der Waals surface area contributed by atoms with Crippen molar-refractivity contribution in [1.82, 2.24) is 4.98 Å². The van der Waals surface area contributed by atoms with Crippen molar-refractivity contribution in [2.24, 2.45) is 0 Å². The number of carboxylic acids is 1. The van der Waals surface area contributed by atoms with Crippen molar-refractivity contribution in [2.75, 3.05) is 7.11 Å². The Morgan fingerprint density at radius 2 is 2.09 bits per heavy atom. The van der Waals surface area contributed by atoms with Crippen LogP contribution in [-0.2, 0) is 0 Å². The molecule has 3 rings (SSSR count). The lowest BCUT2D eigenvalue weighted by atomic mass is 10.0. The monoisotopic (exact) mass is 310 g/mol. The van der Waals surface area contributed by atoms with E-state index in [1.54, 1.807) is 37.4 Å². The molecule has 0 aliphatic rings. The minimum atomic E-state index is -1.01. The van der Waals surface area contributed by atoms with E-state index in [4.69, 9.17) is 10.00 Å². The Bertz CT molecular complexity index is 908. The highest BCUT2D eigenvalue weighted by Gasteiger charge is 2.20. The maximum Gasteiger partial charge on any atom is 0.346 e. The van der Waals surface area contributed by atoms with E-state index >= 15 is 0 Å². The zero-order valence-corrected chi connectivity index (χ0v) is 12.3. The summed E-state index contributed by atoms with van der Waals surface area (Å²) in [5, 5.41) is 19.1. The molecule has 0 radical (unpaired) electrons. The lowest BCUT2D eigenvalue weighted by molar-refractivity contribution is 0.0703. The van der Waals surface area contributed by atoms with Gasteiger partial charge in [-0.2, -0.15) is 5.26 Å². The highest BCUT2D eigenvalue weighted by Crippen LogP contribution is 2.38. The molecule has 108 valence electrons. The van der Waals surface area contributed by atoms with Crippen LogP contribution in [0, 0.1) is 11.3 Å². The minimum absolute atomic E-state index is 0.211. The molecule has 0 aliphatic carbocycles. The van der Waals surface area contributed by atoms with Crippen molar-refractivity contribution in [1.29, 1.82) is 5.26 Å². The molecule has 1 N–H and O–H groups in total. The Labute approximate surface area is 130 Å². The van der Waals surface area contributed by atoms with Gasteiger partial charge in [0, 0.05) is 17.1 Å². The number of nitriles is 1. The lowest BCUT2D eigenvalue weighted by Gasteiger charge is -2.04. The first-order chi connectivity index (χ1) is 10.6. The number of fused-ring (bicyclic) bond motifs is 1. The predicted octanol–water partition coefficient (Wildman–Crippen LogP) is 3.54. The second-order valence-corrected chi connectivity index (χ2v) is 5.53. The molecule has 6 heteroatoms. The highest BCUT2D eigenvalue weighted by atomic mass is 32.1. The molecule has 0 saturated carbocycles. The molecule has 0 bridgehead atoms. The number of rotatable bonds is 3. The molecular formula is C16H10N2O3S. The summed E-state index contributed by atoms with van der Waals surface area (Å²) in [5.41, 5.74) is 1.73. The quantitative estimate of drug-likeness (QED) is 0.800. The van der Waals surface area contributed by atoms with Gasteiger partial charge >= 0.3 is 5.97 Å². The van der Waals surface area contributed by atoms with E-state index in [1.807, 2.05) is 6.07 Å². The smallest absolute Gasteiger partial charge is 0.346 e. The van der Waals surface area contributed by atoms with Crippen LogP contribution in [0.4, 0.5) is 0 Å². The molecule has 2 aromatic heterocycles. The number of hydrogen-bond acceptors (Lipinski definition) is 5. The molecule has 0 atom stereocenters. The third-order valence-corrected chi connectivity index (χ3v) is 4.35. The van der Waals surface area contributed by atoms with Gasteiger partial charge in [0.05, 0.1) is 12.7 Å². The summed E-state index contributed by atoms with van der Waals surface area (Å²) in [6, 6.07) is 10.8. The van der Waals surface area contributed by atoms with E-state index in [2.05, 4.69) is 4.98 Å². The van der Waals surface area contributed by atoms with Crippen LogP contribution < -0.4 is 4.74 Å². The fourth-order valence-corrected chi connectivity index (χ4v) is 3.23. The highest BCUT2D eigenvalue weighted by molar-refractivity contribution is 7.21. The van der Waals surface area contributed by atoms with Crippen LogP contribution in [0.3, 0.4) is 0 Å². The van der Waals surface area contributed by atoms with Gasteiger partial charge in [-0.05, 0) is 23.8 Å². The maximum absolute atomic E-state index is 11.5. The number of ether oxygens (including phenoxy) is 1. The predicted molar refractivity (Wildman–Crippen MR) is 83.3 cm³/mol. The average molecular weight is 310 g/mol. The zero-order valence-electron chi connectivity index (χ0n) is 11.5. The third-order valence-electron chi connectivity index (χ3n) is 3.25. The number of aromatic nitrogens is 1. The van der Waals surface area contributed by atoms with Crippen molar-refractivity contribution >= 4 is 27.5 Å². The number of nitrogens with zero attached hydrogens (tertiary/aromatic N) is 2. The van der Waals surface area contributed by atoms with E-state index < -0.39 is 5.97 Å². The number of pyridine rings is 1. The van der Waals surface area contributed by atoms with E-state index in [-0.39, 0.29) is 4.88 Å². The van der Waals surface area contributed by atoms with Gasteiger partial charge in [-0.25, -0.2) is 9.78 Å². The van der Waals surface area contributed by atoms with Crippen LogP contribution >= 0.6 is 11.3 Å². The van der Waals surface area contributed by atoms with Gasteiger partial charge in [0.1, 0.15) is 21.5 Å². The van der Waals surface area contributed by atoms with Gasteiger partial charge in [-0.3, -0.25) is 0 Å². The Hall–Kier alpha value is -2.91. The molecule has 0 spiro atoms. The van der Waals surface area contributed by atoms with Crippen molar-refractivity contribution in [2.45, 2.75) is 0 Å². The van der Waals surface area contributed by atoms with Crippen LogP contribution in [0.15, 0.2) is 36.5 Å². The van der Waals surface area contributed by atoms with Crippen molar-refractivity contribution in [3.8, 4) is 22.9 Å². The van der Waals surface area contributed by atoms with Gasteiger partial charge in [-0.15, -0.1) is 11.3 Å². The number of thiophene rings is 1. The number of methoxy groups -OCH3 is 1. The first kappa shape index (κ1) is 14.0. The Balaban J connectivity index is 2.30. The summed E-state index contributed by atoms with van der Waals surface area (Å²) in [5.74, 6) is -0.316. The zero-order chi connectivity index (χ0) is 15.7. The first-order valence-electron chi connectivity index (χ1n) is 6.34. The Morgan fingerprint density at radius 1 is 1.36 bits per heavy atom. The minimum Gasteiger partial charge on any atom is -0.497 e. The summed E-state index contributed by atoms with van der Waals surface area (Å²) in [6.45, 7) is 0. The molecule has 1 aromatic carbocycles. The van der Waals surface area contributed by atoms with E-state index in [0.29, 0.717) is 27.1 Å². The van der Waals surface area contributed by atoms with Crippen LogP contribution in [0.2, 0.25) is 0 Å². The standard InChI is InChI=1S/C16H10N2O3S/c1-21-11-4-2-10(3-5-11)13-12-6-9(7-17)8-18-15(12)22-14(13)16(19)20/h2-6,8H,1H3,(H,19,20). The molecule has 5 nitrogen and oxygen atoms in total.